The van der Waals surface area contributed by atoms with E-state index in [0.717, 1.165) is 18.7 Å². The molecule has 2 fully saturated rings. The molecule has 1 aromatic heterocycles. The van der Waals surface area contributed by atoms with Crippen molar-refractivity contribution >= 4 is 11.7 Å². The number of anilines is 1. The van der Waals surface area contributed by atoms with Crippen LogP contribution in [-0.4, -0.2) is 23.0 Å². The number of rotatable bonds is 2. The minimum Gasteiger partial charge on any atom is -0.368 e. The number of aromatic nitrogens is 1. The highest BCUT2D eigenvalue weighted by Crippen LogP contribution is 2.41. The molecule has 0 aromatic carbocycles. The first kappa shape index (κ1) is 12.9. The van der Waals surface area contributed by atoms with Gasteiger partial charge in [0.2, 0.25) is 5.91 Å². The lowest BCUT2D eigenvalue weighted by Gasteiger charge is -2.34. The Balaban J connectivity index is 1.94. The van der Waals surface area contributed by atoms with Crippen LogP contribution in [0.3, 0.4) is 0 Å². The molecule has 1 amide bonds. The number of carbonyl (C=O) groups is 1. The molecule has 3 unspecified atom stereocenters. The second-order valence-electron chi connectivity index (χ2n) is 5.69. The smallest absolute Gasteiger partial charge is 0.240 e. The van der Waals surface area contributed by atoms with Gasteiger partial charge in [0.25, 0.3) is 0 Å². The van der Waals surface area contributed by atoms with E-state index in [-0.39, 0.29) is 11.9 Å². The minimum atomic E-state index is -0.273. The molecule has 1 aliphatic heterocycles. The van der Waals surface area contributed by atoms with Crippen molar-refractivity contribution in [3.63, 3.8) is 0 Å². The van der Waals surface area contributed by atoms with Crippen LogP contribution in [-0.2, 0) is 4.79 Å². The fourth-order valence-corrected chi connectivity index (χ4v) is 3.65. The Labute approximate surface area is 118 Å². The van der Waals surface area contributed by atoms with Gasteiger partial charge in [0.15, 0.2) is 0 Å². The fraction of sp³-hybridized carbons (Fsp3) is 0.533. The van der Waals surface area contributed by atoms with E-state index >= 15 is 0 Å². The van der Waals surface area contributed by atoms with Crippen molar-refractivity contribution in [3.05, 3.63) is 23.9 Å². The van der Waals surface area contributed by atoms with Crippen LogP contribution in [0.4, 0.5) is 5.82 Å². The van der Waals surface area contributed by atoms with Crippen molar-refractivity contribution in [1.82, 2.24) is 4.98 Å². The average Bonchev–Trinajstić information content (AvgIpc) is 2.87. The molecule has 104 valence electrons. The van der Waals surface area contributed by atoms with Crippen LogP contribution in [0.5, 0.6) is 0 Å². The van der Waals surface area contributed by atoms with E-state index < -0.39 is 0 Å². The number of primary amides is 1. The van der Waals surface area contributed by atoms with E-state index in [1.54, 1.807) is 12.3 Å². The lowest BCUT2D eigenvalue weighted by molar-refractivity contribution is -0.119. The van der Waals surface area contributed by atoms with Crippen molar-refractivity contribution in [2.45, 2.75) is 44.2 Å². The number of fused-ring (bicyclic) bond motifs is 1. The van der Waals surface area contributed by atoms with Gasteiger partial charge < -0.3 is 10.6 Å². The summed E-state index contributed by atoms with van der Waals surface area (Å²) in [5, 5.41) is 8.84. The van der Waals surface area contributed by atoms with E-state index in [4.69, 9.17) is 11.0 Å². The van der Waals surface area contributed by atoms with Crippen molar-refractivity contribution in [2.75, 3.05) is 4.90 Å². The van der Waals surface area contributed by atoms with Gasteiger partial charge in [0, 0.05) is 12.2 Å². The van der Waals surface area contributed by atoms with Crippen molar-refractivity contribution < 1.29 is 4.79 Å². The number of amides is 1. The first-order valence-electron chi connectivity index (χ1n) is 7.14. The SMILES string of the molecule is N#Cc1ccc(N2C(C(N)=O)CC3CCCCC32)nc1. The molecule has 1 aliphatic carbocycles. The molecule has 20 heavy (non-hydrogen) atoms. The predicted octanol–water partition coefficient (Wildman–Crippen LogP) is 1.58. The maximum absolute atomic E-state index is 11.8. The van der Waals surface area contributed by atoms with Crippen LogP contribution in [0.25, 0.3) is 0 Å². The van der Waals surface area contributed by atoms with E-state index in [2.05, 4.69) is 16.0 Å². The predicted molar refractivity (Wildman–Crippen MR) is 74.8 cm³/mol. The highest BCUT2D eigenvalue weighted by molar-refractivity contribution is 5.84. The molecule has 5 heteroatoms. The standard InChI is InChI=1S/C15H18N4O/c16-8-10-5-6-14(18-9-10)19-12-4-2-1-3-11(12)7-13(19)15(17)20/h5-6,9,11-13H,1-4,7H2,(H2,17,20). The molecule has 3 rings (SSSR count). The summed E-state index contributed by atoms with van der Waals surface area (Å²) in [6.45, 7) is 0. The van der Waals surface area contributed by atoms with Gasteiger partial charge in [0.1, 0.15) is 17.9 Å². The second kappa shape index (κ2) is 5.12. The third-order valence-electron chi connectivity index (χ3n) is 4.56. The zero-order valence-corrected chi connectivity index (χ0v) is 11.3. The Bertz CT molecular complexity index is 548. The number of nitrogens with two attached hydrogens (primary N) is 1. The van der Waals surface area contributed by atoms with E-state index in [9.17, 15) is 4.79 Å². The van der Waals surface area contributed by atoms with Gasteiger partial charge in [-0.1, -0.05) is 12.8 Å². The van der Waals surface area contributed by atoms with Gasteiger partial charge in [0.05, 0.1) is 5.56 Å². The number of hydrogen-bond acceptors (Lipinski definition) is 4. The van der Waals surface area contributed by atoms with Crippen molar-refractivity contribution in [1.29, 1.82) is 5.26 Å². The Morgan fingerprint density at radius 3 is 2.85 bits per heavy atom. The first-order chi connectivity index (χ1) is 9.70. The lowest BCUT2D eigenvalue weighted by Crippen LogP contribution is -2.45. The minimum absolute atomic E-state index is 0.261. The van der Waals surface area contributed by atoms with E-state index in [0.29, 0.717) is 17.5 Å². The highest BCUT2D eigenvalue weighted by Gasteiger charge is 2.44. The number of hydrogen-bond donors (Lipinski definition) is 1. The number of nitrogens with zero attached hydrogens (tertiary/aromatic N) is 3. The lowest BCUT2D eigenvalue weighted by atomic mass is 9.84. The van der Waals surface area contributed by atoms with Crippen LogP contribution in [0.2, 0.25) is 0 Å². The Kier molecular flexibility index (Phi) is 3.31. The summed E-state index contributed by atoms with van der Waals surface area (Å²) >= 11 is 0. The van der Waals surface area contributed by atoms with Crippen LogP contribution in [0.1, 0.15) is 37.7 Å². The Hall–Kier alpha value is -2.09. The molecular formula is C15H18N4O. The monoisotopic (exact) mass is 270 g/mol. The van der Waals surface area contributed by atoms with Crippen molar-refractivity contribution in [2.24, 2.45) is 11.7 Å². The number of pyridine rings is 1. The van der Waals surface area contributed by atoms with E-state index in [1.165, 1.54) is 19.3 Å². The van der Waals surface area contributed by atoms with Gasteiger partial charge in [-0.05, 0) is 37.3 Å². The first-order valence-corrected chi connectivity index (χ1v) is 7.14. The fourth-order valence-electron chi connectivity index (χ4n) is 3.65. The zero-order valence-electron chi connectivity index (χ0n) is 11.3. The number of carbonyl (C=O) groups excluding carboxylic acids is 1. The number of nitriles is 1. The summed E-state index contributed by atoms with van der Waals surface area (Å²) in [4.78, 5) is 18.2. The van der Waals surface area contributed by atoms with Crippen LogP contribution >= 0.6 is 0 Å². The average molecular weight is 270 g/mol. The second-order valence-corrected chi connectivity index (χ2v) is 5.69. The van der Waals surface area contributed by atoms with E-state index in [1.807, 2.05) is 6.07 Å². The molecule has 3 atom stereocenters. The van der Waals surface area contributed by atoms with Gasteiger partial charge in [-0.3, -0.25) is 4.79 Å². The quantitative estimate of drug-likeness (QED) is 0.884. The topological polar surface area (TPSA) is 83.0 Å². The molecular weight excluding hydrogens is 252 g/mol. The molecule has 0 bridgehead atoms. The zero-order chi connectivity index (χ0) is 14.1. The molecule has 0 radical (unpaired) electrons. The highest BCUT2D eigenvalue weighted by atomic mass is 16.1. The van der Waals surface area contributed by atoms with Crippen molar-refractivity contribution in [3.8, 4) is 6.07 Å². The third-order valence-corrected chi connectivity index (χ3v) is 4.56. The van der Waals surface area contributed by atoms with Gasteiger partial charge in [-0.2, -0.15) is 5.26 Å². The van der Waals surface area contributed by atoms with Gasteiger partial charge >= 0.3 is 0 Å². The summed E-state index contributed by atoms with van der Waals surface area (Å²) in [5.41, 5.74) is 6.11. The summed E-state index contributed by atoms with van der Waals surface area (Å²) < 4.78 is 0. The maximum atomic E-state index is 11.8. The van der Waals surface area contributed by atoms with Gasteiger partial charge in [-0.25, -0.2) is 4.98 Å². The summed E-state index contributed by atoms with van der Waals surface area (Å²) in [6, 6.07) is 5.74. The summed E-state index contributed by atoms with van der Waals surface area (Å²) in [6.07, 6.45) is 7.09. The summed E-state index contributed by atoms with van der Waals surface area (Å²) in [7, 11) is 0. The molecule has 1 aromatic rings. The van der Waals surface area contributed by atoms with Gasteiger partial charge in [-0.15, -0.1) is 0 Å². The molecule has 2 aliphatic rings. The summed E-state index contributed by atoms with van der Waals surface area (Å²) in [5.74, 6) is 1.03. The van der Waals surface area contributed by atoms with Crippen LogP contribution < -0.4 is 10.6 Å². The molecule has 1 saturated carbocycles. The molecule has 2 N–H and O–H groups in total. The van der Waals surface area contributed by atoms with Crippen LogP contribution in [0, 0.1) is 17.2 Å². The molecule has 2 heterocycles. The molecule has 5 nitrogen and oxygen atoms in total. The normalized spacial score (nSPS) is 28.8. The largest absolute Gasteiger partial charge is 0.368 e. The molecule has 1 saturated heterocycles. The third kappa shape index (κ3) is 2.11. The molecule has 0 spiro atoms. The Morgan fingerprint density at radius 1 is 1.40 bits per heavy atom. The van der Waals surface area contributed by atoms with Crippen LogP contribution in [0.15, 0.2) is 18.3 Å². The maximum Gasteiger partial charge on any atom is 0.240 e. The Morgan fingerprint density at radius 2 is 2.20 bits per heavy atom.